The Bertz CT molecular complexity index is 441. The summed E-state index contributed by atoms with van der Waals surface area (Å²) < 4.78 is 1.80. The lowest BCUT2D eigenvalue weighted by molar-refractivity contribution is 0.0951. The van der Waals surface area contributed by atoms with E-state index < -0.39 is 0 Å². The Labute approximate surface area is 136 Å². The first-order chi connectivity index (χ1) is 9.65. The summed E-state index contributed by atoms with van der Waals surface area (Å²) in [6.07, 6.45) is 0.987. The lowest BCUT2D eigenvalue weighted by Gasteiger charge is -2.27. The maximum atomic E-state index is 12.0. The SMILES string of the molecule is O=C(NCCCN1CCNCC1)c1cc(Br)cc(Br)c1. The van der Waals surface area contributed by atoms with Gasteiger partial charge in [0.2, 0.25) is 0 Å². The molecule has 0 aromatic heterocycles. The van der Waals surface area contributed by atoms with Crippen LogP contribution in [0.25, 0.3) is 0 Å². The van der Waals surface area contributed by atoms with E-state index in [1.54, 1.807) is 0 Å². The highest BCUT2D eigenvalue weighted by atomic mass is 79.9. The average Bonchev–Trinajstić information content (AvgIpc) is 2.43. The summed E-state index contributed by atoms with van der Waals surface area (Å²) >= 11 is 6.79. The minimum atomic E-state index is -0.0210. The molecule has 6 heteroatoms. The second kappa shape index (κ2) is 8.12. The smallest absolute Gasteiger partial charge is 0.251 e. The summed E-state index contributed by atoms with van der Waals surface area (Å²) in [6.45, 7) is 6.10. The van der Waals surface area contributed by atoms with Gasteiger partial charge < -0.3 is 15.5 Å². The molecule has 1 aromatic rings. The molecule has 0 saturated carbocycles. The first-order valence-corrected chi connectivity index (χ1v) is 8.41. The predicted octanol–water partition coefficient (Wildman–Crippen LogP) is 2.24. The Balaban J connectivity index is 1.71. The Morgan fingerprint density at radius 3 is 2.50 bits per heavy atom. The zero-order valence-electron chi connectivity index (χ0n) is 11.3. The van der Waals surface area contributed by atoms with Crippen LogP contribution in [-0.4, -0.2) is 50.1 Å². The number of nitrogens with one attached hydrogen (secondary N) is 2. The van der Waals surface area contributed by atoms with Gasteiger partial charge in [0.25, 0.3) is 5.91 Å². The Morgan fingerprint density at radius 2 is 1.85 bits per heavy atom. The van der Waals surface area contributed by atoms with Crippen molar-refractivity contribution in [2.45, 2.75) is 6.42 Å². The lowest BCUT2D eigenvalue weighted by atomic mass is 10.2. The van der Waals surface area contributed by atoms with Crippen LogP contribution in [0.1, 0.15) is 16.8 Å². The maximum absolute atomic E-state index is 12.0. The number of carbonyl (C=O) groups is 1. The minimum Gasteiger partial charge on any atom is -0.352 e. The molecule has 1 aliphatic heterocycles. The van der Waals surface area contributed by atoms with Crippen molar-refractivity contribution in [2.75, 3.05) is 39.3 Å². The fourth-order valence-corrected chi connectivity index (χ4v) is 3.52. The molecule has 1 heterocycles. The number of piperazine rings is 1. The molecule has 1 aliphatic rings. The van der Waals surface area contributed by atoms with Crippen molar-refractivity contribution in [3.63, 3.8) is 0 Å². The van der Waals surface area contributed by atoms with E-state index in [4.69, 9.17) is 0 Å². The predicted molar refractivity (Wildman–Crippen MR) is 88.1 cm³/mol. The van der Waals surface area contributed by atoms with Crippen LogP contribution in [0.3, 0.4) is 0 Å². The highest BCUT2D eigenvalue weighted by molar-refractivity contribution is 9.11. The molecular formula is C14H19Br2N3O. The number of amides is 1. The number of nitrogens with zero attached hydrogens (tertiary/aromatic N) is 1. The molecule has 1 amide bonds. The van der Waals surface area contributed by atoms with Gasteiger partial charge in [0.05, 0.1) is 0 Å². The van der Waals surface area contributed by atoms with Crippen LogP contribution < -0.4 is 10.6 Å². The third-order valence-electron chi connectivity index (χ3n) is 3.27. The van der Waals surface area contributed by atoms with Gasteiger partial charge in [-0.15, -0.1) is 0 Å². The number of benzene rings is 1. The Kier molecular flexibility index (Phi) is 6.48. The van der Waals surface area contributed by atoms with E-state index in [1.807, 2.05) is 18.2 Å². The van der Waals surface area contributed by atoms with Crippen molar-refractivity contribution in [3.05, 3.63) is 32.7 Å². The first-order valence-electron chi connectivity index (χ1n) is 6.82. The second-order valence-electron chi connectivity index (χ2n) is 4.86. The van der Waals surface area contributed by atoms with Gasteiger partial charge in [-0.25, -0.2) is 0 Å². The first kappa shape index (κ1) is 15.9. The molecule has 1 aromatic carbocycles. The van der Waals surface area contributed by atoms with Crippen molar-refractivity contribution in [1.82, 2.24) is 15.5 Å². The van der Waals surface area contributed by atoms with Crippen LogP contribution in [0, 0.1) is 0 Å². The molecule has 0 bridgehead atoms. The van der Waals surface area contributed by atoms with Crippen LogP contribution in [0.2, 0.25) is 0 Å². The quantitative estimate of drug-likeness (QED) is 0.739. The summed E-state index contributed by atoms with van der Waals surface area (Å²) in [5.74, 6) is -0.0210. The molecule has 1 fully saturated rings. The lowest BCUT2D eigenvalue weighted by Crippen LogP contribution is -2.44. The van der Waals surface area contributed by atoms with Gasteiger partial charge in [-0.3, -0.25) is 4.79 Å². The standard InChI is InChI=1S/C14H19Br2N3O/c15-12-8-11(9-13(16)10-12)14(20)18-2-1-5-19-6-3-17-4-7-19/h8-10,17H,1-7H2,(H,18,20). The molecule has 4 nitrogen and oxygen atoms in total. The molecule has 2 N–H and O–H groups in total. The fourth-order valence-electron chi connectivity index (χ4n) is 2.23. The zero-order valence-corrected chi connectivity index (χ0v) is 14.5. The van der Waals surface area contributed by atoms with Crippen LogP contribution in [0.4, 0.5) is 0 Å². The highest BCUT2D eigenvalue weighted by Crippen LogP contribution is 2.19. The van der Waals surface area contributed by atoms with Crippen molar-refractivity contribution < 1.29 is 4.79 Å². The zero-order chi connectivity index (χ0) is 14.4. The van der Waals surface area contributed by atoms with E-state index >= 15 is 0 Å². The molecule has 2 rings (SSSR count). The van der Waals surface area contributed by atoms with E-state index in [0.29, 0.717) is 12.1 Å². The fraction of sp³-hybridized carbons (Fsp3) is 0.500. The Hall–Kier alpha value is -0.430. The summed E-state index contributed by atoms with van der Waals surface area (Å²) in [4.78, 5) is 14.5. The molecule has 110 valence electrons. The van der Waals surface area contributed by atoms with Crippen LogP contribution in [-0.2, 0) is 0 Å². The van der Waals surface area contributed by atoms with E-state index in [0.717, 1.165) is 48.1 Å². The van der Waals surface area contributed by atoms with Gasteiger partial charge in [-0.2, -0.15) is 0 Å². The number of carbonyl (C=O) groups excluding carboxylic acids is 1. The number of halogens is 2. The van der Waals surface area contributed by atoms with Crippen molar-refractivity contribution in [2.24, 2.45) is 0 Å². The minimum absolute atomic E-state index is 0.0210. The molecule has 0 unspecified atom stereocenters. The average molecular weight is 405 g/mol. The topological polar surface area (TPSA) is 44.4 Å². The largest absolute Gasteiger partial charge is 0.352 e. The van der Waals surface area contributed by atoms with Gasteiger partial charge in [-0.1, -0.05) is 31.9 Å². The normalized spacial score (nSPS) is 16.1. The van der Waals surface area contributed by atoms with Crippen molar-refractivity contribution in [3.8, 4) is 0 Å². The third kappa shape index (κ3) is 5.16. The molecule has 0 radical (unpaired) electrons. The second-order valence-corrected chi connectivity index (χ2v) is 6.69. The molecule has 0 atom stereocenters. The third-order valence-corrected chi connectivity index (χ3v) is 4.19. The van der Waals surface area contributed by atoms with Gasteiger partial charge >= 0.3 is 0 Å². The maximum Gasteiger partial charge on any atom is 0.251 e. The summed E-state index contributed by atoms with van der Waals surface area (Å²) in [6, 6.07) is 5.58. The van der Waals surface area contributed by atoms with Crippen molar-refractivity contribution in [1.29, 1.82) is 0 Å². The molecule has 0 aliphatic carbocycles. The van der Waals surface area contributed by atoms with Gasteiger partial charge in [-0.05, 0) is 31.2 Å². The molecule has 1 saturated heterocycles. The van der Waals surface area contributed by atoms with Gasteiger partial charge in [0.15, 0.2) is 0 Å². The van der Waals surface area contributed by atoms with E-state index in [1.165, 1.54) is 0 Å². The summed E-state index contributed by atoms with van der Waals surface area (Å²) in [5, 5.41) is 6.31. The summed E-state index contributed by atoms with van der Waals surface area (Å²) in [7, 11) is 0. The number of hydrogen-bond donors (Lipinski definition) is 2. The molecule has 0 spiro atoms. The monoisotopic (exact) mass is 403 g/mol. The van der Waals surface area contributed by atoms with Crippen LogP contribution in [0.15, 0.2) is 27.1 Å². The molecular weight excluding hydrogens is 386 g/mol. The Morgan fingerprint density at radius 1 is 1.20 bits per heavy atom. The van der Waals surface area contributed by atoms with Crippen molar-refractivity contribution >= 4 is 37.8 Å². The van der Waals surface area contributed by atoms with Crippen LogP contribution >= 0.6 is 31.9 Å². The number of hydrogen-bond acceptors (Lipinski definition) is 3. The highest BCUT2D eigenvalue weighted by Gasteiger charge is 2.10. The molecule has 20 heavy (non-hydrogen) atoms. The van der Waals surface area contributed by atoms with Crippen LogP contribution in [0.5, 0.6) is 0 Å². The van der Waals surface area contributed by atoms with Gasteiger partial charge in [0, 0.05) is 47.2 Å². The van der Waals surface area contributed by atoms with E-state index in [-0.39, 0.29) is 5.91 Å². The van der Waals surface area contributed by atoms with Gasteiger partial charge in [0.1, 0.15) is 0 Å². The van der Waals surface area contributed by atoms with E-state index in [9.17, 15) is 4.79 Å². The number of rotatable bonds is 5. The van der Waals surface area contributed by atoms with E-state index in [2.05, 4.69) is 47.4 Å². The summed E-state index contributed by atoms with van der Waals surface area (Å²) in [5.41, 5.74) is 0.674.